The number of amides is 1. The van der Waals surface area contributed by atoms with Gasteiger partial charge >= 0.3 is 0 Å². The summed E-state index contributed by atoms with van der Waals surface area (Å²) in [5.41, 5.74) is 4.05. The molecule has 0 bridgehead atoms. The Morgan fingerprint density at radius 2 is 1.53 bits per heavy atom. The molecule has 3 unspecified atom stereocenters. The number of benzene rings is 2. The molecule has 0 heterocycles. The van der Waals surface area contributed by atoms with Crippen LogP contribution in [0.5, 0.6) is 0 Å². The van der Waals surface area contributed by atoms with Crippen LogP contribution in [0.25, 0.3) is 0 Å². The van der Waals surface area contributed by atoms with E-state index < -0.39 is 0 Å². The third-order valence-corrected chi connectivity index (χ3v) is 6.01. The highest BCUT2D eigenvalue weighted by molar-refractivity contribution is 6.22. The quantitative estimate of drug-likeness (QED) is 0.613. The van der Waals surface area contributed by atoms with Crippen LogP contribution in [0.4, 0.5) is 0 Å². The van der Waals surface area contributed by atoms with Gasteiger partial charge < -0.3 is 5.32 Å². The molecule has 0 spiro atoms. The van der Waals surface area contributed by atoms with Gasteiger partial charge in [0.1, 0.15) is 0 Å². The van der Waals surface area contributed by atoms with Gasteiger partial charge in [0.15, 0.2) is 0 Å². The first-order valence-corrected chi connectivity index (χ1v) is 11.0. The highest BCUT2D eigenvalue weighted by Crippen LogP contribution is 2.36. The van der Waals surface area contributed by atoms with Gasteiger partial charge in [-0.05, 0) is 49.1 Å². The molecule has 0 radical (unpaired) electrons. The molecule has 2 aromatic carbocycles. The lowest BCUT2D eigenvalue weighted by Gasteiger charge is -2.33. The van der Waals surface area contributed by atoms with Crippen LogP contribution in [-0.2, 0) is 4.79 Å². The van der Waals surface area contributed by atoms with Crippen LogP contribution < -0.4 is 5.32 Å². The van der Waals surface area contributed by atoms with Crippen molar-refractivity contribution in [2.45, 2.75) is 59.5 Å². The number of hydrogen-bond donors (Lipinski definition) is 1. The van der Waals surface area contributed by atoms with E-state index in [-0.39, 0.29) is 23.4 Å². The molecule has 3 atom stereocenters. The lowest BCUT2D eigenvalue weighted by molar-refractivity contribution is -0.117. The third kappa shape index (κ3) is 5.47. The van der Waals surface area contributed by atoms with E-state index in [1.807, 2.05) is 55.5 Å². The van der Waals surface area contributed by atoms with E-state index in [9.17, 15) is 4.79 Å². The summed E-state index contributed by atoms with van der Waals surface area (Å²) in [6.07, 6.45) is 4.01. The van der Waals surface area contributed by atoms with Crippen LogP contribution in [0.2, 0.25) is 0 Å². The summed E-state index contributed by atoms with van der Waals surface area (Å²) < 4.78 is 0. The van der Waals surface area contributed by atoms with Gasteiger partial charge in [-0.15, -0.1) is 0 Å². The minimum absolute atomic E-state index is 0.0233. The second-order valence-electron chi connectivity index (χ2n) is 9.36. The predicted octanol–water partition coefficient (Wildman–Crippen LogP) is 6.45. The molecule has 3 nitrogen and oxygen atoms in total. The number of hydrogen-bond acceptors (Lipinski definition) is 2. The summed E-state index contributed by atoms with van der Waals surface area (Å²) in [5.74, 6) is 0.329. The zero-order valence-corrected chi connectivity index (χ0v) is 18.9. The SMILES string of the molecule is CC(N=C1CCC(C(C)(C)C)C=C1C(=O)NC(C)c1ccccc1)c1ccccc1. The van der Waals surface area contributed by atoms with Crippen molar-refractivity contribution in [3.8, 4) is 0 Å². The molecule has 158 valence electrons. The number of rotatable bonds is 5. The first-order valence-electron chi connectivity index (χ1n) is 11.0. The monoisotopic (exact) mass is 402 g/mol. The zero-order chi connectivity index (χ0) is 21.7. The molecule has 3 rings (SSSR count). The molecular weight excluding hydrogens is 368 g/mol. The van der Waals surface area contributed by atoms with E-state index in [4.69, 9.17) is 4.99 Å². The normalized spacial score (nSPS) is 20.4. The summed E-state index contributed by atoms with van der Waals surface area (Å²) >= 11 is 0. The van der Waals surface area contributed by atoms with Crippen LogP contribution in [0.1, 0.15) is 70.7 Å². The smallest absolute Gasteiger partial charge is 0.253 e. The molecule has 1 aliphatic rings. The first kappa shape index (κ1) is 22.0. The molecule has 1 aliphatic carbocycles. The van der Waals surface area contributed by atoms with Gasteiger partial charge in [0, 0.05) is 5.71 Å². The van der Waals surface area contributed by atoms with Crippen LogP contribution in [-0.4, -0.2) is 11.6 Å². The molecule has 2 aromatic rings. The van der Waals surface area contributed by atoms with Gasteiger partial charge in [-0.3, -0.25) is 9.79 Å². The Labute approximate surface area is 181 Å². The van der Waals surface area contributed by atoms with E-state index in [2.05, 4.69) is 51.2 Å². The summed E-state index contributed by atoms with van der Waals surface area (Å²) in [6.45, 7) is 10.8. The molecule has 1 amide bonds. The average molecular weight is 403 g/mol. The Balaban J connectivity index is 1.88. The zero-order valence-electron chi connectivity index (χ0n) is 18.9. The Morgan fingerprint density at radius 1 is 0.967 bits per heavy atom. The number of nitrogens with one attached hydrogen (secondary N) is 1. The van der Waals surface area contributed by atoms with Gasteiger partial charge in [0.25, 0.3) is 5.91 Å². The Bertz CT molecular complexity index is 907. The van der Waals surface area contributed by atoms with Gasteiger partial charge in [0.05, 0.1) is 17.7 Å². The van der Waals surface area contributed by atoms with Gasteiger partial charge in [-0.1, -0.05) is 87.5 Å². The second-order valence-corrected chi connectivity index (χ2v) is 9.36. The van der Waals surface area contributed by atoms with Crippen LogP contribution in [0.3, 0.4) is 0 Å². The van der Waals surface area contributed by atoms with Gasteiger partial charge in [-0.25, -0.2) is 0 Å². The third-order valence-electron chi connectivity index (χ3n) is 6.01. The van der Waals surface area contributed by atoms with Crippen LogP contribution in [0, 0.1) is 11.3 Å². The van der Waals surface area contributed by atoms with Crippen molar-refractivity contribution < 1.29 is 4.79 Å². The fraction of sp³-hybridized carbons (Fsp3) is 0.407. The molecule has 0 aromatic heterocycles. The highest BCUT2D eigenvalue weighted by Gasteiger charge is 2.31. The summed E-state index contributed by atoms with van der Waals surface area (Å²) in [5, 5.41) is 3.19. The highest BCUT2D eigenvalue weighted by atomic mass is 16.1. The maximum absolute atomic E-state index is 13.3. The minimum Gasteiger partial charge on any atom is -0.345 e. The molecule has 0 saturated heterocycles. The van der Waals surface area contributed by atoms with Crippen LogP contribution in [0.15, 0.2) is 77.3 Å². The molecule has 0 aliphatic heterocycles. The van der Waals surface area contributed by atoms with Gasteiger partial charge in [0.2, 0.25) is 0 Å². The van der Waals surface area contributed by atoms with Crippen molar-refractivity contribution in [2.75, 3.05) is 0 Å². The van der Waals surface area contributed by atoms with Crippen molar-refractivity contribution >= 4 is 11.6 Å². The molecule has 0 fully saturated rings. The van der Waals surface area contributed by atoms with Crippen molar-refractivity contribution in [1.29, 1.82) is 0 Å². The maximum Gasteiger partial charge on any atom is 0.253 e. The molecule has 30 heavy (non-hydrogen) atoms. The standard InChI is InChI=1S/C27H34N2O/c1-19(21-12-8-6-9-13-21)28-25-17-16-23(27(3,4)5)18-24(25)26(30)29-20(2)22-14-10-7-11-15-22/h6-15,18-20,23H,16-17H2,1-5H3,(H,29,30). The van der Waals surface area contributed by atoms with Crippen molar-refractivity contribution in [2.24, 2.45) is 16.3 Å². The molecular formula is C27H34N2O. The predicted molar refractivity (Wildman–Crippen MR) is 126 cm³/mol. The fourth-order valence-corrected chi connectivity index (χ4v) is 3.97. The average Bonchev–Trinajstić information content (AvgIpc) is 2.74. The fourth-order valence-electron chi connectivity index (χ4n) is 3.97. The topological polar surface area (TPSA) is 41.5 Å². The van der Waals surface area contributed by atoms with E-state index in [0.717, 1.165) is 29.7 Å². The number of carbonyl (C=O) groups excluding carboxylic acids is 1. The van der Waals surface area contributed by atoms with E-state index >= 15 is 0 Å². The number of aliphatic imine (C=N–C) groups is 1. The largest absolute Gasteiger partial charge is 0.345 e. The molecule has 1 N–H and O–H groups in total. The Morgan fingerprint density at radius 3 is 2.10 bits per heavy atom. The van der Waals surface area contributed by atoms with Crippen LogP contribution >= 0.6 is 0 Å². The summed E-state index contributed by atoms with van der Waals surface area (Å²) in [6, 6.07) is 20.3. The van der Waals surface area contributed by atoms with E-state index in [1.54, 1.807) is 0 Å². The molecule has 0 saturated carbocycles. The van der Waals surface area contributed by atoms with Crippen molar-refractivity contribution in [3.63, 3.8) is 0 Å². The second kappa shape index (κ2) is 9.42. The maximum atomic E-state index is 13.3. The number of carbonyl (C=O) groups is 1. The Kier molecular flexibility index (Phi) is 6.91. The van der Waals surface area contributed by atoms with Crippen molar-refractivity contribution in [3.05, 3.63) is 83.4 Å². The van der Waals surface area contributed by atoms with E-state index in [0.29, 0.717) is 5.92 Å². The molecule has 3 heteroatoms. The van der Waals surface area contributed by atoms with Gasteiger partial charge in [-0.2, -0.15) is 0 Å². The minimum atomic E-state index is -0.0533. The van der Waals surface area contributed by atoms with E-state index in [1.165, 1.54) is 5.56 Å². The number of nitrogens with zero attached hydrogens (tertiary/aromatic N) is 1. The summed E-state index contributed by atoms with van der Waals surface area (Å²) in [7, 11) is 0. The number of allylic oxidation sites excluding steroid dienone is 1. The first-order chi connectivity index (χ1) is 14.3. The summed E-state index contributed by atoms with van der Waals surface area (Å²) in [4.78, 5) is 18.3. The Hall–Kier alpha value is -2.68. The van der Waals surface area contributed by atoms with Crippen molar-refractivity contribution in [1.82, 2.24) is 5.32 Å². The lowest BCUT2D eigenvalue weighted by atomic mass is 9.73. The lowest BCUT2D eigenvalue weighted by Crippen LogP contribution is -2.34.